The predicted molar refractivity (Wildman–Crippen MR) is 59.7 cm³/mol. The van der Waals surface area contributed by atoms with Crippen molar-refractivity contribution in [2.75, 3.05) is 11.4 Å². The van der Waals surface area contributed by atoms with Gasteiger partial charge in [0.2, 0.25) is 0 Å². The van der Waals surface area contributed by atoms with E-state index >= 15 is 0 Å². The second kappa shape index (κ2) is 3.54. The second-order valence-electron chi connectivity index (χ2n) is 4.05. The number of anilines is 1. The number of hydrogen-bond acceptors (Lipinski definition) is 2. The van der Waals surface area contributed by atoms with Crippen LogP contribution >= 0.6 is 0 Å². The van der Waals surface area contributed by atoms with Crippen LogP contribution in [-0.2, 0) is 12.3 Å². The van der Waals surface area contributed by atoms with E-state index in [2.05, 4.69) is 11.6 Å². The van der Waals surface area contributed by atoms with Gasteiger partial charge in [0, 0.05) is 31.1 Å². The number of rotatable bonds is 2. The van der Waals surface area contributed by atoms with Crippen LogP contribution in [0.15, 0.2) is 24.4 Å². The van der Waals surface area contributed by atoms with Crippen molar-refractivity contribution in [1.29, 1.82) is 0 Å². The van der Waals surface area contributed by atoms with Crippen LogP contribution in [0.2, 0.25) is 0 Å². The van der Waals surface area contributed by atoms with E-state index in [0.717, 1.165) is 18.2 Å². The summed E-state index contributed by atoms with van der Waals surface area (Å²) in [6.07, 6.45) is 0.700. The maximum atomic E-state index is 13.1. The Kier molecular flexibility index (Phi) is 2.45. The summed E-state index contributed by atoms with van der Waals surface area (Å²) < 4.78 is 26.3. The van der Waals surface area contributed by atoms with Gasteiger partial charge in [0.05, 0.1) is 0 Å². The van der Waals surface area contributed by atoms with Crippen LogP contribution < -0.4 is 4.90 Å². The molecule has 0 radical (unpaired) electrons. The Balaban J connectivity index is 2.47. The molecule has 86 valence electrons. The third-order valence-corrected chi connectivity index (χ3v) is 2.75. The number of nitrogens with zero attached hydrogens (tertiary/aromatic N) is 2. The first-order chi connectivity index (χ1) is 7.43. The highest BCUT2D eigenvalue weighted by Crippen LogP contribution is 2.34. The maximum absolute atomic E-state index is 13.1. The molecule has 2 nitrogen and oxygen atoms in total. The van der Waals surface area contributed by atoms with Gasteiger partial charge in [-0.05, 0) is 13.0 Å². The number of pyridine rings is 1. The molecule has 4 heteroatoms. The molecule has 0 fully saturated rings. The molecule has 0 saturated heterocycles. The molecule has 0 unspecified atom stereocenters. The SMILES string of the molecule is C=C1Cc2ccc(C(C)(F)F)nc2N1CC. The normalized spacial score (nSPS) is 15.5. The molecule has 0 amide bonds. The molecule has 2 rings (SSSR count). The van der Waals surface area contributed by atoms with Gasteiger partial charge in [0.1, 0.15) is 11.5 Å². The lowest BCUT2D eigenvalue weighted by Crippen LogP contribution is -2.19. The van der Waals surface area contributed by atoms with Crippen LogP contribution in [0.5, 0.6) is 0 Å². The van der Waals surface area contributed by atoms with Crippen LogP contribution in [0.1, 0.15) is 25.1 Å². The molecule has 1 aliphatic rings. The van der Waals surface area contributed by atoms with Crippen molar-refractivity contribution >= 4 is 5.82 Å². The number of halogens is 2. The minimum Gasteiger partial charge on any atom is -0.330 e. The Hall–Kier alpha value is -1.45. The Morgan fingerprint density at radius 2 is 2.19 bits per heavy atom. The zero-order valence-electron chi connectivity index (χ0n) is 9.43. The zero-order chi connectivity index (χ0) is 11.9. The first-order valence-corrected chi connectivity index (χ1v) is 5.27. The average molecular weight is 224 g/mol. The Morgan fingerprint density at radius 1 is 1.50 bits per heavy atom. The molecule has 16 heavy (non-hydrogen) atoms. The fourth-order valence-electron chi connectivity index (χ4n) is 1.93. The summed E-state index contributed by atoms with van der Waals surface area (Å²) in [6.45, 7) is 7.44. The van der Waals surface area contributed by atoms with Crippen molar-refractivity contribution < 1.29 is 8.78 Å². The maximum Gasteiger partial charge on any atom is 0.287 e. The van der Waals surface area contributed by atoms with Gasteiger partial charge in [-0.25, -0.2) is 4.98 Å². The molecule has 0 spiro atoms. The predicted octanol–water partition coefficient (Wildman–Crippen LogP) is 3.09. The molecule has 0 N–H and O–H groups in total. The molecule has 0 aromatic carbocycles. The first kappa shape index (κ1) is 11.0. The van der Waals surface area contributed by atoms with Gasteiger partial charge in [-0.3, -0.25) is 0 Å². The van der Waals surface area contributed by atoms with Gasteiger partial charge >= 0.3 is 0 Å². The van der Waals surface area contributed by atoms with Gasteiger partial charge in [-0.15, -0.1) is 0 Å². The Labute approximate surface area is 93.6 Å². The van der Waals surface area contributed by atoms with Crippen molar-refractivity contribution in [2.24, 2.45) is 0 Å². The van der Waals surface area contributed by atoms with Crippen molar-refractivity contribution in [3.8, 4) is 0 Å². The van der Waals surface area contributed by atoms with Crippen molar-refractivity contribution in [2.45, 2.75) is 26.2 Å². The molecule has 0 saturated carbocycles. The number of allylic oxidation sites excluding steroid dienone is 1. The smallest absolute Gasteiger partial charge is 0.287 e. The van der Waals surface area contributed by atoms with Crippen molar-refractivity contribution in [1.82, 2.24) is 4.98 Å². The summed E-state index contributed by atoms with van der Waals surface area (Å²) in [4.78, 5) is 5.92. The standard InChI is InChI=1S/C12H14F2N2/c1-4-16-8(2)7-9-5-6-10(12(3,13)14)15-11(9)16/h5-6H,2,4,7H2,1,3H3. The summed E-state index contributed by atoms with van der Waals surface area (Å²) in [6, 6.07) is 3.11. The van der Waals surface area contributed by atoms with Gasteiger partial charge in [0.15, 0.2) is 0 Å². The number of likely N-dealkylation sites (N-methyl/N-ethyl adjacent to an activating group) is 1. The van der Waals surface area contributed by atoms with Gasteiger partial charge in [0.25, 0.3) is 5.92 Å². The van der Waals surface area contributed by atoms with Gasteiger partial charge < -0.3 is 4.90 Å². The van der Waals surface area contributed by atoms with E-state index < -0.39 is 5.92 Å². The number of fused-ring (bicyclic) bond motifs is 1. The van der Waals surface area contributed by atoms with Crippen LogP contribution in [0.3, 0.4) is 0 Å². The monoisotopic (exact) mass is 224 g/mol. The van der Waals surface area contributed by atoms with Gasteiger partial charge in [-0.1, -0.05) is 12.6 Å². The molecule has 1 aliphatic heterocycles. The van der Waals surface area contributed by atoms with Crippen molar-refractivity contribution in [3.05, 3.63) is 35.7 Å². The number of aromatic nitrogens is 1. The molecule has 2 heterocycles. The first-order valence-electron chi connectivity index (χ1n) is 5.27. The highest BCUT2D eigenvalue weighted by atomic mass is 19.3. The quantitative estimate of drug-likeness (QED) is 0.767. The number of hydrogen-bond donors (Lipinski definition) is 0. The van der Waals surface area contributed by atoms with Gasteiger partial charge in [-0.2, -0.15) is 8.78 Å². The van der Waals surface area contributed by atoms with E-state index in [0.29, 0.717) is 18.8 Å². The van der Waals surface area contributed by atoms with Crippen LogP contribution in [0, 0.1) is 0 Å². The lowest BCUT2D eigenvalue weighted by molar-refractivity contribution is 0.0129. The van der Waals surface area contributed by atoms with E-state index in [1.54, 1.807) is 6.07 Å². The number of alkyl halides is 2. The summed E-state index contributed by atoms with van der Waals surface area (Å²) in [5, 5.41) is 0. The summed E-state index contributed by atoms with van der Waals surface area (Å²) in [7, 11) is 0. The fraction of sp³-hybridized carbons (Fsp3) is 0.417. The molecular weight excluding hydrogens is 210 g/mol. The van der Waals surface area contributed by atoms with Crippen molar-refractivity contribution in [3.63, 3.8) is 0 Å². The third kappa shape index (κ3) is 1.68. The van der Waals surface area contributed by atoms with Crippen LogP contribution in [0.25, 0.3) is 0 Å². The average Bonchev–Trinajstić information content (AvgIpc) is 2.50. The highest BCUT2D eigenvalue weighted by molar-refractivity contribution is 5.60. The largest absolute Gasteiger partial charge is 0.330 e. The van der Waals surface area contributed by atoms with Crippen LogP contribution in [0.4, 0.5) is 14.6 Å². The van der Waals surface area contributed by atoms with E-state index in [4.69, 9.17) is 0 Å². The molecule has 1 aromatic heterocycles. The third-order valence-electron chi connectivity index (χ3n) is 2.75. The van der Waals surface area contributed by atoms with Crippen LogP contribution in [-0.4, -0.2) is 11.5 Å². The lowest BCUT2D eigenvalue weighted by Gasteiger charge is -2.18. The minimum absolute atomic E-state index is 0.181. The zero-order valence-corrected chi connectivity index (χ0v) is 9.43. The summed E-state index contributed by atoms with van der Waals surface area (Å²) >= 11 is 0. The minimum atomic E-state index is -2.89. The molecule has 1 aromatic rings. The fourth-order valence-corrected chi connectivity index (χ4v) is 1.93. The Morgan fingerprint density at radius 3 is 2.75 bits per heavy atom. The highest BCUT2D eigenvalue weighted by Gasteiger charge is 2.30. The molecule has 0 bridgehead atoms. The summed E-state index contributed by atoms with van der Waals surface area (Å²) in [5.74, 6) is -2.26. The molecule has 0 atom stereocenters. The lowest BCUT2D eigenvalue weighted by atomic mass is 10.1. The van der Waals surface area contributed by atoms with E-state index in [-0.39, 0.29) is 5.69 Å². The van der Waals surface area contributed by atoms with E-state index in [9.17, 15) is 8.78 Å². The van der Waals surface area contributed by atoms with E-state index in [1.807, 2.05) is 11.8 Å². The Bertz CT molecular complexity index is 435. The summed E-state index contributed by atoms with van der Waals surface area (Å²) in [5.41, 5.74) is 1.71. The molecule has 0 aliphatic carbocycles. The second-order valence-corrected chi connectivity index (χ2v) is 4.05. The topological polar surface area (TPSA) is 16.1 Å². The van der Waals surface area contributed by atoms with E-state index in [1.165, 1.54) is 6.07 Å². The molecular formula is C12H14F2N2.